The van der Waals surface area contributed by atoms with Crippen LogP contribution in [0.3, 0.4) is 0 Å². The van der Waals surface area contributed by atoms with Crippen molar-refractivity contribution in [1.29, 1.82) is 0 Å². The van der Waals surface area contributed by atoms with Gasteiger partial charge in [-0.15, -0.1) is 0 Å². The van der Waals surface area contributed by atoms with Crippen molar-refractivity contribution in [2.24, 2.45) is 0 Å². The first-order chi connectivity index (χ1) is 9.83. The van der Waals surface area contributed by atoms with Crippen molar-refractivity contribution < 1.29 is 9.64 Å². The molecule has 1 saturated heterocycles. The molecule has 4 heteroatoms. The van der Waals surface area contributed by atoms with Gasteiger partial charge in [0.15, 0.2) is 0 Å². The lowest BCUT2D eigenvalue weighted by molar-refractivity contribution is -0.906. The van der Waals surface area contributed by atoms with Gasteiger partial charge in [0, 0.05) is 5.39 Å². The number of ether oxygens (including phenoxy) is 1. The first-order valence-corrected chi connectivity index (χ1v) is 7.34. The molecule has 4 nitrogen and oxygen atoms in total. The van der Waals surface area contributed by atoms with E-state index in [-0.39, 0.29) is 0 Å². The van der Waals surface area contributed by atoms with Crippen LogP contribution in [0.5, 0.6) is 0 Å². The highest BCUT2D eigenvalue weighted by molar-refractivity contribution is 5.83. The number of fused-ring (bicyclic) bond motifs is 1. The molecule has 2 N–H and O–H groups in total. The van der Waals surface area contributed by atoms with E-state index in [0.29, 0.717) is 0 Å². The highest BCUT2D eigenvalue weighted by Crippen LogP contribution is 2.19. The Bertz CT molecular complexity index is 579. The lowest BCUT2D eigenvalue weighted by Crippen LogP contribution is -3.14. The summed E-state index contributed by atoms with van der Waals surface area (Å²) in [5.74, 6) is 0.980. The Hall–Kier alpha value is -1.65. The second-order valence-corrected chi connectivity index (χ2v) is 5.38. The van der Waals surface area contributed by atoms with E-state index in [1.54, 1.807) is 4.90 Å². The molecule has 0 spiro atoms. The standard InChI is InChI=1S/C16H21N3O/c1-13-12-16(18-15-5-3-2-4-14(13)15)17-6-7-19-8-10-20-11-9-19/h2-5,12H,6-11H2,1H3,(H,17,18)/p+1. The molecule has 1 aromatic carbocycles. The Kier molecular flexibility index (Phi) is 4.14. The van der Waals surface area contributed by atoms with Crippen LogP contribution >= 0.6 is 0 Å². The average molecular weight is 272 g/mol. The molecule has 1 fully saturated rings. The number of para-hydroxylation sites is 1. The van der Waals surface area contributed by atoms with E-state index >= 15 is 0 Å². The number of rotatable bonds is 4. The zero-order valence-electron chi connectivity index (χ0n) is 12.0. The van der Waals surface area contributed by atoms with Gasteiger partial charge in [-0.1, -0.05) is 18.2 Å². The molecule has 0 aliphatic carbocycles. The van der Waals surface area contributed by atoms with Crippen molar-refractivity contribution in [2.75, 3.05) is 44.7 Å². The molecule has 3 rings (SSSR count). The number of aromatic nitrogens is 1. The van der Waals surface area contributed by atoms with Crippen molar-refractivity contribution in [1.82, 2.24) is 4.98 Å². The quantitative estimate of drug-likeness (QED) is 0.867. The van der Waals surface area contributed by atoms with Crippen molar-refractivity contribution in [3.8, 4) is 0 Å². The number of quaternary nitrogens is 1. The topological polar surface area (TPSA) is 38.6 Å². The maximum atomic E-state index is 5.37. The minimum absolute atomic E-state index is 0.892. The van der Waals surface area contributed by atoms with Crippen LogP contribution in [0, 0.1) is 6.92 Å². The van der Waals surface area contributed by atoms with Crippen LogP contribution in [0.15, 0.2) is 30.3 Å². The Morgan fingerprint density at radius 3 is 2.90 bits per heavy atom. The molecule has 1 aromatic heterocycles. The van der Waals surface area contributed by atoms with Gasteiger partial charge in [0.1, 0.15) is 18.9 Å². The highest BCUT2D eigenvalue weighted by atomic mass is 16.5. The van der Waals surface area contributed by atoms with E-state index in [9.17, 15) is 0 Å². The number of nitrogens with one attached hydrogen (secondary N) is 2. The van der Waals surface area contributed by atoms with Gasteiger partial charge in [0.2, 0.25) is 0 Å². The SMILES string of the molecule is Cc1cc(NCC[NH+]2CCOCC2)nc2ccccc12. The van der Waals surface area contributed by atoms with Crippen molar-refractivity contribution in [3.63, 3.8) is 0 Å². The van der Waals surface area contributed by atoms with Gasteiger partial charge >= 0.3 is 0 Å². The van der Waals surface area contributed by atoms with Crippen LogP contribution in [0.25, 0.3) is 10.9 Å². The first kappa shape index (κ1) is 13.3. The molecular weight excluding hydrogens is 250 g/mol. The number of aryl methyl sites for hydroxylation is 1. The second-order valence-electron chi connectivity index (χ2n) is 5.38. The highest BCUT2D eigenvalue weighted by Gasteiger charge is 2.12. The van der Waals surface area contributed by atoms with E-state index in [4.69, 9.17) is 4.74 Å². The fraction of sp³-hybridized carbons (Fsp3) is 0.438. The Balaban J connectivity index is 1.62. The Labute approximate surface area is 119 Å². The van der Waals surface area contributed by atoms with Crippen LogP contribution < -0.4 is 10.2 Å². The molecule has 2 heterocycles. The third-order valence-electron chi connectivity index (χ3n) is 3.91. The third kappa shape index (κ3) is 3.08. The number of pyridine rings is 1. The molecule has 0 saturated carbocycles. The first-order valence-electron chi connectivity index (χ1n) is 7.34. The molecule has 0 unspecified atom stereocenters. The Morgan fingerprint density at radius 1 is 1.25 bits per heavy atom. The minimum Gasteiger partial charge on any atom is -0.370 e. The molecule has 0 radical (unpaired) electrons. The summed E-state index contributed by atoms with van der Waals surface area (Å²) < 4.78 is 5.37. The molecule has 20 heavy (non-hydrogen) atoms. The number of morpholine rings is 1. The molecule has 1 aliphatic heterocycles. The lowest BCUT2D eigenvalue weighted by atomic mass is 10.1. The zero-order chi connectivity index (χ0) is 13.8. The van der Waals surface area contributed by atoms with Crippen molar-refractivity contribution in [3.05, 3.63) is 35.9 Å². The molecule has 0 atom stereocenters. The largest absolute Gasteiger partial charge is 0.370 e. The molecular formula is C16H22N3O+. The minimum atomic E-state index is 0.892. The summed E-state index contributed by atoms with van der Waals surface area (Å²) in [5, 5.41) is 4.69. The summed E-state index contributed by atoms with van der Waals surface area (Å²) in [7, 11) is 0. The predicted octanol–water partition coefficient (Wildman–Crippen LogP) is 0.870. The molecule has 0 bridgehead atoms. The van der Waals surface area contributed by atoms with Gasteiger partial charge in [-0.2, -0.15) is 0 Å². The van der Waals surface area contributed by atoms with Crippen LogP contribution in [0.1, 0.15) is 5.56 Å². The summed E-state index contributed by atoms with van der Waals surface area (Å²) >= 11 is 0. The summed E-state index contributed by atoms with van der Waals surface area (Å²) in [6.45, 7) is 8.24. The normalized spacial score (nSPS) is 16.4. The number of nitrogens with zero attached hydrogens (tertiary/aromatic N) is 1. The Morgan fingerprint density at radius 2 is 2.05 bits per heavy atom. The van der Waals surface area contributed by atoms with Gasteiger partial charge in [0.25, 0.3) is 0 Å². The van der Waals surface area contributed by atoms with Gasteiger partial charge in [-0.05, 0) is 24.6 Å². The van der Waals surface area contributed by atoms with Gasteiger partial charge in [-0.25, -0.2) is 4.98 Å². The lowest BCUT2D eigenvalue weighted by Gasteiger charge is -2.23. The monoisotopic (exact) mass is 272 g/mol. The fourth-order valence-electron chi connectivity index (χ4n) is 2.72. The predicted molar refractivity (Wildman–Crippen MR) is 81.4 cm³/mol. The van der Waals surface area contributed by atoms with Crippen LogP contribution in [-0.4, -0.2) is 44.4 Å². The number of anilines is 1. The number of benzene rings is 1. The van der Waals surface area contributed by atoms with Gasteiger partial charge in [0.05, 0.1) is 31.8 Å². The molecule has 1 aliphatic rings. The number of hydrogen-bond acceptors (Lipinski definition) is 3. The number of hydrogen-bond donors (Lipinski definition) is 2. The summed E-state index contributed by atoms with van der Waals surface area (Å²) in [5.41, 5.74) is 2.34. The third-order valence-corrected chi connectivity index (χ3v) is 3.91. The fourth-order valence-corrected chi connectivity index (χ4v) is 2.72. The smallest absolute Gasteiger partial charge is 0.127 e. The zero-order valence-corrected chi connectivity index (χ0v) is 12.0. The van der Waals surface area contributed by atoms with Gasteiger partial charge < -0.3 is 15.0 Å². The van der Waals surface area contributed by atoms with E-state index in [1.165, 1.54) is 10.9 Å². The van der Waals surface area contributed by atoms with Crippen molar-refractivity contribution in [2.45, 2.75) is 6.92 Å². The molecule has 2 aromatic rings. The maximum absolute atomic E-state index is 5.37. The van der Waals surface area contributed by atoms with Crippen LogP contribution in [0.2, 0.25) is 0 Å². The van der Waals surface area contributed by atoms with Crippen LogP contribution in [0.4, 0.5) is 5.82 Å². The molecule has 0 amide bonds. The van der Waals surface area contributed by atoms with Gasteiger partial charge in [-0.3, -0.25) is 0 Å². The van der Waals surface area contributed by atoms with E-state index in [0.717, 1.165) is 50.7 Å². The second kappa shape index (κ2) is 6.20. The maximum Gasteiger partial charge on any atom is 0.127 e. The van der Waals surface area contributed by atoms with Crippen molar-refractivity contribution >= 4 is 16.7 Å². The average Bonchev–Trinajstić information content (AvgIpc) is 2.48. The van der Waals surface area contributed by atoms with E-state index < -0.39 is 0 Å². The summed E-state index contributed by atoms with van der Waals surface area (Å²) in [4.78, 5) is 6.29. The van der Waals surface area contributed by atoms with E-state index in [1.807, 2.05) is 6.07 Å². The van der Waals surface area contributed by atoms with Crippen LogP contribution in [-0.2, 0) is 4.74 Å². The molecule has 106 valence electrons. The summed E-state index contributed by atoms with van der Waals surface area (Å²) in [6, 6.07) is 10.4. The summed E-state index contributed by atoms with van der Waals surface area (Å²) in [6.07, 6.45) is 0. The van der Waals surface area contributed by atoms with E-state index in [2.05, 4.69) is 41.5 Å².